The van der Waals surface area contributed by atoms with Crippen LogP contribution in [-0.4, -0.2) is 76.7 Å². The number of methoxy groups -OCH3 is 1. The molecule has 28 heavy (non-hydrogen) atoms. The van der Waals surface area contributed by atoms with E-state index in [-0.39, 0.29) is 6.04 Å². The minimum absolute atomic E-state index is 0.265. The molecule has 1 aliphatic rings. The maximum absolute atomic E-state index is 5.27. The van der Waals surface area contributed by atoms with E-state index in [0.717, 1.165) is 31.2 Å². The monoisotopic (exact) mass is 389 g/mol. The van der Waals surface area contributed by atoms with Crippen molar-refractivity contribution in [2.45, 2.75) is 38.1 Å². The summed E-state index contributed by atoms with van der Waals surface area (Å²) in [6.07, 6.45) is 6.65. The van der Waals surface area contributed by atoms with Crippen molar-refractivity contribution in [3.8, 4) is 5.75 Å². The number of aliphatic imine (C=N–C) groups is 1. The molecule has 1 aliphatic heterocycles. The number of likely N-dealkylation sites (N-methyl/N-ethyl adjacent to an activating group) is 1. The zero-order chi connectivity index (χ0) is 20.2. The molecular weight excluding hydrogens is 350 g/mol. The van der Waals surface area contributed by atoms with E-state index < -0.39 is 0 Å². The van der Waals surface area contributed by atoms with Crippen LogP contribution in [0.25, 0.3) is 0 Å². The molecule has 2 N–H and O–H groups in total. The van der Waals surface area contributed by atoms with E-state index >= 15 is 0 Å². The first-order chi connectivity index (χ1) is 13.6. The standard InChI is InChI=1S/C22H39N5O/c1-23-22(24-14-9-17-27-15-7-5-6-8-16-27)25-18-21(26(2)3)19-10-12-20(28-4)13-11-19/h10-13,21H,5-9,14-18H2,1-4H3,(H2,23,24,25). The minimum atomic E-state index is 0.265. The number of rotatable bonds is 9. The molecule has 1 unspecified atom stereocenters. The van der Waals surface area contributed by atoms with Gasteiger partial charge < -0.3 is 25.2 Å². The number of hydrogen-bond donors (Lipinski definition) is 2. The highest BCUT2D eigenvalue weighted by molar-refractivity contribution is 5.79. The number of ether oxygens (including phenoxy) is 1. The lowest BCUT2D eigenvalue weighted by molar-refractivity contribution is 0.281. The van der Waals surface area contributed by atoms with Crippen molar-refractivity contribution in [1.82, 2.24) is 20.4 Å². The molecule has 1 aromatic rings. The lowest BCUT2D eigenvalue weighted by Crippen LogP contribution is -2.42. The lowest BCUT2D eigenvalue weighted by atomic mass is 10.1. The molecule has 1 heterocycles. The van der Waals surface area contributed by atoms with Gasteiger partial charge in [-0.15, -0.1) is 0 Å². The molecular formula is C22H39N5O. The molecule has 6 nitrogen and oxygen atoms in total. The Morgan fingerprint density at radius 1 is 1.11 bits per heavy atom. The summed E-state index contributed by atoms with van der Waals surface area (Å²) in [5.74, 6) is 1.76. The lowest BCUT2D eigenvalue weighted by Gasteiger charge is -2.26. The molecule has 1 saturated heterocycles. The van der Waals surface area contributed by atoms with Gasteiger partial charge in [0.15, 0.2) is 5.96 Å². The second-order valence-corrected chi connectivity index (χ2v) is 7.74. The van der Waals surface area contributed by atoms with E-state index in [1.165, 1.54) is 50.9 Å². The van der Waals surface area contributed by atoms with Crippen LogP contribution in [0.2, 0.25) is 0 Å². The Morgan fingerprint density at radius 2 is 1.79 bits per heavy atom. The van der Waals surface area contributed by atoms with E-state index in [1.54, 1.807) is 7.11 Å². The van der Waals surface area contributed by atoms with Gasteiger partial charge in [0.05, 0.1) is 13.2 Å². The Kier molecular flexibility index (Phi) is 10.1. The van der Waals surface area contributed by atoms with Crippen LogP contribution in [0.3, 0.4) is 0 Å². The predicted molar refractivity (Wildman–Crippen MR) is 118 cm³/mol. The molecule has 1 atom stereocenters. The molecule has 0 saturated carbocycles. The summed E-state index contributed by atoms with van der Waals surface area (Å²) in [7, 11) is 7.74. The first-order valence-corrected chi connectivity index (χ1v) is 10.6. The van der Waals surface area contributed by atoms with Gasteiger partial charge in [-0.3, -0.25) is 4.99 Å². The molecule has 2 rings (SSSR count). The fourth-order valence-electron chi connectivity index (χ4n) is 3.71. The van der Waals surface area contributed by atoms with Gasteiger partial charge in [0.25, 0.3) is 0 Å². The first-order valence-electron chi connectivity index (χ1n) is 10.6. The van der Waals surface area contributed by atoms with Crippen molar-refractivity contribution in [3.63, 3.8) is 0 Å². The van der Waals surface area contributed by atoms with E-state index in [1.807, 2.05) is 19.2 Å². The number of benzene rings is 1. The van der Waals surface area contributed by atoms with Crippen molar-refractivity contribution < 1.29 is 4.74 Å². The Morgan fingerprint density at radius 3 is 2.36 bits per heavy atom. The Labute approximate surface area is 171 Å². The molecule has 0 bridgehead atoms. The summed E-state index contributed by atoms with van der Waals surface area (Å²) < 4.78 is 5.27. The first kappa shape index (κ1) is 22.5. The van der Waals surface area contributed by atoms with E-state index in [4.69, 9.17) is 4.74 Å². The van der Waals surface area contributed by atoms with Crippen LogP contribution in [0.15, 0.2) is 29.3 Å². The van der Waals surface area contributed by atoms with Crippen molar-refractivity contribution in [1.29, 1.82) is 0 Å². The zero-order valence-electron chi connectivity index (χ0n) is 18.2. The molecule has 0 spiro atoms. The second kappa shape index (κ2) is 12.6. The zero-order valence-corrected chi connectivity index (χ0v) is 18.2. The summed E-state index contributed by atoms with van der Waals surface area (Å²) in [5.41, 5.74) is 1.26. The van der Waals surface area contributed by atoms with E-state index in [2.05, 4.69) is 51.7 Å². The van der Waals surface area contributed by atoms with Crippen molar-refractivity contribution in [2.75, 3.05) is 61.0 Å². The fraction of sp³-hybridized carbons (Fsp3) is 0.682. The van der Waals surface area contributed by atoms with Crippen LogP contribution < -0.4 is 15.4 Å². The van der Waals surface area contributed by atoms with Crippen LogP contribution in [0.4, 0.5) is 0 Å². The van der Waals surface area contributed by atoms with Gasteiger partial charge in [-0.25, -0.2) is 0 Å². The highest BCUT2D eigenvalue weighted by Crippen LogP contribution is 2.20. The highest BCUT2D eigenvalue weighted by atomic mass is 16.5. The molecule has 158 valence electrons. The Bertz CT molecular complexity index is 565. The topological polar surface area (TPSA) is 52.1 Å². The normalized spacial score (nSPS) is 17.2. The smallest absolute Gasteiger partial charge is 0.191 e. The van der Waals surface area contributed by atoms with E-state index in [0.29, 0.717) is 0 Å². The third-order valence-corrected chi connectivity index (χ3v) is 5.45. The Balaban J connectivity index is 1.75. The molecule has 0 amide bonds. The van der Waals surface area contributed by atoms with Crippen molar-refractivity contribution >= 4 is 5.96 Å². The van der Waals surface area contributed by atoms with Crippen LogP contribution in [0, 0.1) is 0 Å². The highest BCUT2D eigenvalue weighted by Gasteiger charge is 2.15. The number of nitrogens with zero attached hydrogens (tertiary/aromatic N) is 3. The van der Waals surface area contributed by atoms with Crippen molar-refractivity contribution in [2.24, 2.45) is 4.99 Å². The van der Waals surface area contributed by atoms with Gasteiger partial charge >= 0.3 is 0 Å². The third kappa shape index (κ3) is 7.68. The number of nitrogens with one attached hydrogen (secondary N) is 2. The van der Waals surface area contributed by atoms with Crippen LogP contribution in [-0.2, 0) is 0 Å². The van der Waals surface area contributed by atoms with Crippen LogP contribution in [0.1, 0.15) is 43.7 Å². The summed E-state index contributed by atoms with van der Waals surface area (Å²) in [5, 5.41) is 6.94. The maximum Gasteiger partial charge on any atom is 0.191 e. The molecule has 0 aromatic heterocycles. The van der Waals surface area contributed by atoms with Gasteiger partial charge in [-0.2, -0.15) is 0 Å². The second-order valence-electron chi connectivity index (χ2n) is 7.74. The Hall–Kier alpha value is -1.79. The average molecular weight is 390 g/mol. The fourth-order valence-corrected chi connectivity index (χ4v) is 3.71. The molecule has 1 aromatic carbocycles. The summed E-state index contributed by atoms with van der Waals surface area (Å²) in [6.45, 7) is 5.45. The average Bonchev–Trinajstić information content (AvgIpc) is 2.98. The van der Waals surface area contributed by atoms with Gasteiger partial charge in [-0.1, -0.05) is 25.0 Å². The van der Waals surface area contributed by atoms with Crippen molar-refractivity contribution in [3.05, 3.63) is 29.8 Å². The van der Waals surface area contributed by atoms with E-state index in [9.17, 15) is 0 Å². The van der Waals surface area contributed by atoms with Gasteiger partial charge in [0, 0.05) is 20.1 Å². The molecule has 6 heteroatoms. The van der Waals surface area contributed by atoms with Gasteiger partial charge in [0.2, 0.25) is 0 Å². The number of hydrogen-bond acceptors (Lipinski definition) is 4. The van der Waals surface area contributed by atoms with Crippen LogP contribution >= 0.6 is 0 Å². The summed E-state index contributed by atoms with van der Waals surface area (Å²) in [6, 6.07) is 8.55. The summed E-state index contributed by atoms with van der Waals surface area (Å²) >= 11 is 0. The predicted octanol–water partition coefficient (Wildman–Crippen LogP) is 2.73. The summed E-state index contributed by atoms with van der Waals surface area (Å²) in [4.78, 5) is 9.21. The minimum Gasteiger partial charge on any atom is -0.497 e. The van der Waals surface area contributed by atoms with Crippen LogP contribution in [0.5, 0.6) is 5.75 Å². The van der Waals surface area contributed by atoms with Gasteiger partial charge in [0.1, 0.15) is 5.75 Å². The molecule has 0 aliphatic carbocycles. The SMILES string of the molecule is CN=C(NCCCN1CCCCCC1)NCC(c1ccc(OC)cc1)N(C)C. The third-order valence-electron chi connectivity index (χ3n) is 5.45. The molecule has 1 fully saturated rings. The number of guanidine groups is 1. The van der Waals surface area contributed by atoms with Gasteiger partial charge in [-0.05, 0) is 70.7 Å². The largest absolute Gasteiger partial charge is 0.497 e. The molecule has 0 radical (unpaired) electrons. The maximum atomic E-state index is 5.27. The number of likely N-dealkylation sites (tertiary alicyclic amines) is 1. The quantitative estimate of drug-likeness (QED) is 0.386.